The summed E-state index contributed by atoms with van der Waals surface area (Å²) in [6.07, 6.45) is 8.94. The number of carbonyl (C=O) groups excluding carboxylic acids is 2. The average molecular weight is 284 g/mol. The van der Waals surface area contributed by atoms with E-state index in [-0.39, 0.29) is 19.2 Å². The summed E-state index contributed by atoms with van der Waals surface area (Å²) in [4.78, 5) is 22.2. The fourth-order valence-electron chi connectivity index (χ4n) is 1.99. The highest BCUT2D eigenvalue weighted by molar-refractivity contribution is 5.69. The Labute approximate surface area is 120 Å². The van der Waals surface area contributed by atoms with Crippen molar-refractivity contribution in [3.63, 3.8) is 0 Å². The maximum Gasteiger partial charge on any atom is 0.508 e. The van der Waals surface area contributed by atoms with Crippen molar-refractivity contribution < 1.29 is 23.8 Å². The summed E-state index contributed by atoms with van der Waals surface area (Å²) in [5.74, 6) is -0.247. The van der Waals surface area contributed by atoms with Crippen LogP contribution in [-0.4, -0.2) is 31.4 Å². The molecule has 0 aliphatic carbocycles. The summed E-state index contributed by atoms with van der Waals surface area (Å²) >= 11 is 0. The summed E-state index contributed by atoms with van der Waals surface area (Å²) in [5, 5.41) is 0. The molecule has 5 nitrogen and oxygen atoms in total. The van der Waals surface area contributed by atoms with Crippen molar-refractivity contribution in [2.45, 2.75) is 57.5 Å². The van der Waals surface area contributed by atoms with E-state index >= 15 is 0 Å². The van der Waals surface area contributed by atoms with E-state index in [4.69, 9.17) is 4.74 Å². The fourth-order valence-corrected chi connectivity index (χ4v) is 1.99. The van der Waals surface area contributed by atoms with Gasteiger partial charge in [0.15, 0.2) is 6.10 Å². The molecule has 1 saturated heterocycles. The third-order valence-electron chi connectivity index (χ3n) is 3.11. The van der Waals surface area contributed by atoms with Crippen molar-refractivity contribution in [3.8, 4) is 0 Å². The molecule has 20 heavy (non-hydrogen) atoms. The molecule has 114 valence electrons. The van der Waals surface area contributed by atoms with Gasteiger partial charge in [-0.2, -0.15) is 0 Å². The molecule has 0 N–H and O–H groups in total. The van der Waals surface area contributed by atoms with E-state index in [1.807, 2.05) is 6.08 Å². The lowest BCUT2D eigenvalue weighted by atomic mass is 10.1. The van der Waals surface area contributed by atoms with Gasteiger partial charge in [0.25, 0.3) is 0 Å². The van der Waals surface area contributed by atoms with Gasteiger partial charge in [-0.25, -0.2) is 4.79 Å². The molecule has 0 aromatic rings. The quantitative estimate of drug-likeness (QED) is 0.349. The Hall–Kier alpha value is -1.52. The monoisotopic (exact) mass is 284 g/mol. The van der Waals surface area contributed by atoms with Gasteiger partial charge in [-0.05, 0) is 19.3 Å². The molecule has 1 aliphatic heterocycles. The molecule has 0 saturated carbocycles. The topological polar surface area (TPSA) is 61.8 Å². The van der Waals surface area contributed by atoms with Crippen molar-refractivity contribution in [1.29, 1.82) is 0 Å². The number of esters is 1. The minimum absolute atomic E-state index is 0.0911. The number of rotatable bonds is 10. The molecule has 0 radical (unpaired) electrons. The van der Waals surface area contributed by atoms with Gasteiger partial charge in [0.1, 0.15) is 13.2 Å². The van der Waals surface area contributed by atoms with Crippen LogP contribution < -0.4 is 0 Å². The normalized spacial score (nSPS) is 15.3. The Balaban J connectivity index is 1.92. The molecule has 0 spiro atoms. The molecule has 1 aliphatic rings. The molecule has 0 amide bonds. The van der Waals surface area contributed by atoms with Crippen LogP contribution >= 0.6 is 0 Å². The summed E-state index contributed by atoms with van der Waals surface area (Å²) in [7, 11) is 0. The van der Waals surface area contributed by atoms with E-state index in [0.717, 1.165) is 25.7 Å². The van der Waals surface area contributed by atoms with E-state index in [1.165, 1.54) is 19.3 Å². The van der Waals surface area contributed by atoms with Gasteiger partial charge >= 0.3 is 12.1 Å². The van der Waals surface area contributed by atoms with E-state index in [1.54, 1.807) is 0 Å². The van der Waals surface area contributed by atoms with E-state index in [9.17, 15) is 9.59 Å². The molecular formula is C15H24O5. The van der Waals surface area contributed by atoms with Crippen LogP contribution in [0.15, 0.2) is 12.7 Å². The van der Waals surface area contributed by atoms with E-state index in [0.29, 0.717) is 6.42 Å². The van der Waals surface area contributed by atoms with Crippen LogP contribution in [0.2, 0.25) is 0 Å². The third-order valence-corrected chi connectivity index (χ3v) is 3.11. The van der Waals surface area contributed by atoms with Gasteiger partial charge in [-0.3, -0.25) is 4.79 Å². The van der Waals surface area contributed by atoms with Crippen LogP contribution in [0.25, 0.3) is 0 Å². The molecule has 1 fully saturated rings. The fraction of sp³-hybridized carbons (Fsp3) is 0.733. The minimum atomic E-state index is -0.700. The van der Waals surface area contributed by atoms with Crippen LogP contribution in [0.4, 0.5) is 4.79 Å². The summed E-state index contributed by atoms with van der Waals surface area (Å²) < 4.78 is 14.4. The number of allylic oxidation sites excluding steroid dienone is 1. The van der Waals surface area contributed by atoms with Crippen LogP contribution in [0.5, 0.6) is 0 Å². The second-order valence-corrected chi connectivity index (χ2v) is 4.93. The van der Waals surface area contributed by atoms with Gasteiger partial charge in [-0.1, -0.05) is 31.8 Å². The predicted octanol–water partition coefficient (Wildman–Crippen LogP) is 3.37. The second-order valence-electron chi connectivity index (χ2n) is 4.93. The highest BCUT2D eigenvalue weighted by Gasteiger charge is 2.23. The smallest absolute Gasteiger partial charge is 0.455 e. The van der Waals surface area contributed by atoms with Gasteiger partial charge < -0.3 is 14.2 Å². The summed E-state index contributed by atoms with van der Waals surface area (Å²) in [6.45, 7) is 3.87. The molecule has 1 rings (SSSR count). The first-order valence-corrected chi connectivity index (χ1v) is 7.32. The Bertz CT molecular complexity index is 303. The molecule has 0 unspecified atom stereocenters. The van der Waals surface area contributed by atoms with Gasteiger partial charge in [0.05, 0.1) is 0 Å². The first-order valence-electron chi connectivity index (χ1n) is 7.32. The van der Waals surface area contributed by atoms with Crippen LogP contribution in [0, 0.1) is 0 Å². The van der Waals surface area contributed by atoms with Crippen LogP contribution in [0.3, 0.4) is 0 Å². The van der Waals surface area contributed by atoms with Gasteiger partial charge in [0.2, 0.25) is 0 Å². The highest BCUT2D eigenvalue weighted by Crippen LogP contribution is 2.10. The lowest BCUT2D eigenvalue weighted by Gasteiger charge is -2.21. The number of ether oxygens (including phenoxy) is 3. The van der Waals surface area contributed by atoms with Crippen molar-refractivity contribution in [2.24, 2.45) is 0 Å². The first kappa shape index (κ1) is 16.5. The number of hydrogen-bond donors (Lipinski definition) is 0. The molecule has 1 heterocycles. The molecule has 0 aromatic carbocycles. The van der Waals surface area contributed by atoms with Crippen molar-refractivity contribution in [1.82, 2.24) is 0 Å². The summed E-state index contributed by atoms with van der Waals surface area (Å²) in [6, 6.07) is 0. The zero-order valence-electron chi connectivity index (χ0n) is 12.0. The average Bonchev–Trinajstić information content (AvgIpc) is 2.44. The maximum atomic E-state index is 11.5. The Morgan fingerprint density at radius 2 is 1.75 bits per heavy atom. The van der Waals surface area contributed by atoms with E-state index < -0.39 is 12.3 Å². The molecule has 0 aromatic heterocycles. The van der Waals surface area contributed by atoms with Crippen molar-refractivity contribution >= 4 is 12.1 Å². The first-order chi connectivity index (χ1) is 9.72. The van der Waals surface area contributed by atoms with Gasteiger partial charge in [-0.15, -0.1) is 6.58 Å². The highest BCUT2D eigenvalue weighted by atomic mass is 16.7. The van der Waals surface area contributed by atoms with Gasteiger partial charge in [0, 0.05) is 6.42 Å². The number of unbranched alkanes of at least 4 members (excludes halogenated alkanes) is 6. The van der Waals surface area contributed by atoms with E-state index in [2.05, 4.69) is 16.1 Å². The summed E-state index contributed by atoms with van der Waals surface area (Å²) in [5.41, 5.74) is 0. The zero-order valence-corrected chi connectivity index (χ0v) is 12.0. The molecular weight excluding hydrogens is 260 g/mol. The SMILES string of the molecule is C=CCCCCCCCCC(=O)OC1COC(=O)OC1. The van der Waals surface area contributed by atoms with Crippen molar-refractivity contribution in [3.05, 3.63) is 12.7 Å². The van der Waals surface area contributed by atoms with Crippen LogP contribution in [-0.2, 0) is 19.0 Å². The Kier molecular flexibility index (Phi) is 8.51. The lowest BCUT2D eigenvalue weighted by molar-refractivity contribution is -0.158. The maximum absolute atomic E-state index is 11.5. The van der Waals surface area contributed by atoms with Crippen LogP contribution in [0.1, 0.15) is 51.4 Å². The molecule has 0 atom stereocenters. The van der Waals surface area contributed by atoms with Crippen molar-refractivity contribution in [2.75, 3.05) is 13.2 Å². The molecule has 5 heteroatoms. The molecule has 0 bridgehead atoms. The minimum Gasteiger partial charge on any atom is -0.455 e. The Morgan fingerprint density at radius 3 is 2.40 bits per heavy atom. The lowest BCUT2D eigenvalue weighted by Crippen LogP contribution is -2.35. The number of cyclic esters (lactones) is 2. The zero-order chi connectivity index (χ0) is 14.6. The largest absolute Gasteiger partial charge is 0.508 e. The standard InChI is InChI=1S/C15H24O5/c1-2-3-4-5-6-7-8-9-10-14(16)20-13-11-18-15(17)19-12-13/h2,13H,1,3-12H2. The number of carbonyl (C=O) groups is 2. The predicted molar refractivity (Wildman–Crippen MR) is 74.3 cm³/mol. The second kappa shape index (κ2) is 10.3. The number of hydrogen-bond acceptors (Lipinski definition) is 5. The Morgan fingerprint density at radius 1 is 1.15 bits per heavy atom. The third kappa shape index (κ3) is 7.81.